The molecule has 1 atom stereocenters. The van der Waals surface area contributed by atoms with Gasteiger partial charge in [0.15, 0.2) is 0 Å². The number of aliphatic carboxylic acids is 1. The topological polar surface area (TPSA) is 78.4 Å². The number of benzene rings is 1. The van der Waals surface area contributed by atoms with Gasteiger partial charge >= 0.3 is 12.0 Å². The molecule has 0 heterocycles. The SMILES string of the molecule is C=CCC(NC(=O)Nc1cc(Br)ccc1Cl)C(=O)O. The molecule has 1 aromatic carbocycles. The highest BCUT2D eigenvalue weighted by atomic mass is 79.9. The summed E-state index contributed by atoms with van der Waals surface area (Å²) in [5.41, 5.74) is 0.385. The third-order valence-corrected chi connectivity index (χ3v) is 3.01. The maximum Gasteiger partial charge on any atom is 0.326 e. The largest absolute Gasteiger partial charge is 0.480 e. The molecule has 0 aromatic heterocycles. The van der Waals surface area contributed by atoms with E-state index in [2.05, 4.69) is 33.1 Å². The van der Waals surface area contributed by atoms with Crippen molar-refractivity contribution in [3.8, 4) is 0 Å². The van der Waals surface area contributed by atoms with E-state index in [0.717, 1.165) is 4.47 Å². The van der Waals surface area contributed by atoms with Gasteiger partial charge in [0.05, 0.1) is 10.7 Å². The first-order valence-electron chi connectivity index (χ1n) is 5.30. The predicted octanol–water partition coefficient (Wildman–Crippen LogP) is 3.25. The molecule has 0 spiro atoms. The smallest absolute Gasteiger partial charge is 0.326 e. The number of carboxylic acid groups (broad SMARTS) is 1. The molecule has 0 saturated heterocycles. The maximum absolute atomic E-state index is 11.7. The zero-order valence-electron chi connectivity index (χ0n) is 9.82. The molecule has 0 aliphatic heterocycles. The van der Waals surface area contributed by atoms with Crippen molar-refractivity contribution >= 4 is 45.2 Å². The van der Waals surface area contributed by atoms with Crippen molar-refractivity contribution in [1.29, 1.82) is 0 Å². The fraction of sp³-hybridized carbons (Fsp3) is 0.167. The van der Waals surface area contributed by atoms with Crippen LogP contribution in [0.3, 0.4) is 0 Å². The highest BCUT2D eigenvalue weighted by Gasteiger charge is 2.18. The van der Waals surface area contributed by atoms with E-state index < -0.39 is 18.0 Å². The number of halogens is 2. The summed E-state index contributed by atoms with van der Waals surface area (Å²) < 4.78 is 0.744. The zero-order chi connectivity index (χ0) is 14.4. The Morgan fingerprint density at radius 3 is 2.79 bits per heavy atom. The normalized spacial score (nSPS) is 11.5. The van der Waals surface area contributed by atoms with Crippen LogP contribution in [-0.2, 0) is 4.79 Å². The first-order chi connectivity index (χ1) is 8.93. The first-order valence-corrected chi connectivity index (χ1v) is 6.47. The van der Waals surface area contributed by atoms with Crippen LogP contribution in [0, 0.1) is 0 Å². The van der Waals surface area contributed by atoms with E-state index in [1.807, 2.05) is 0 Å². The lowest BCUT2D eigenvalue weighted by atomic mass is 10.2. The van der Waals surface area contributed by atoms with E-state index in [-0.39, 0.29) is 6.42 Å². The lowest BCUT2D eigenvalue weighted by molar-refractivity contribution is -0.139. The van der Waals surface area contributed by atoms with Gasteiger partial charge in [-0.2, -0.15) is 0 Å². The average Bonchev–Trinajstić information content (AvgIpc) is 2.33. The molecule has 3 N–H and O–H groups in total. The molecule has 1 unspecified atom stereocenters. The van der Waals surface area contributed by atoms with E-state index >= 15 is 0 Å². The quantitative estimate of drug-likeness (QED) is 0.715. The summed E-state index contributed by atoms with van der Waals surface area (Å²) in [5.74, 6) is -1.13. The Morgan fingerprint density at radius 2 is 2.21 bits per heavy atom. The van der Waals surface area contributed by atoms with Gasteiger partial charge in [-0.3, -0.25) is 0 Å². The number of anilines is 1. The Morgan fingerprint density at radius 1 is 1.53 bits per heavy atom. The fourth-order valence-electron chi connectivity index (χ4n) is 1.30. The minimum atomic E-state index is -1.13. The zero-order valence-corrected chi connectivity index (χ0v) is 12.2. The van der Waals surface area contributed by atoms with Crippen LogP contribution >= 0.6 is 27.5 Å². The van der Waals surface area contributed by atoms with Crippen molar-refractivity contribution in [3.05, 3.63) is 40.3 Å². The summed E-state index contributed by atoms with van der Waals surface area (Å²) in [5, 5.41) is 14.1. The van der Waals surface area contributed by atoms with Crippen molar-refractivity contribution in [3.63, 3.8) is 0 Å². The van der Waals surface area contributed by atoms with Gasteiger partial charge in [0, 0.05) is 4.47 Å². The molecule has 7 heteroatoms. The summed E-state index contributed by atoms with van der Waals surface area (Å²) >= 11 is 9.15. The number of carboxylic acids is 1. The van der Waals surface area contributed by atoms with Gasteiger partial charge in [-0.05, 0) is 24.6 Å². The van der Waals surface area contributed by atoms with Crippen LogP contribution in [0.5, 0.6) is 0 Å². The number of nitrogens with one attached hydrogen (secondary N) is 2. The number of rotatable bonds is 5. The Balaban J connectivity index is 2.71. The second-order valence-electron chi connectivity index (χ2n) is 3.64. The summed E-state index contributed by atoms with van der Waals surface area (Å²) in [4.78, 5) is 22.5. The third-order valence-electron chi connectivity index (χ3n) is 2.18. The van der Waals surface area contributed by atoms with Crippen molar-refractivity contribution in [1.82, 2.24) is 5.32 Å². The second-order valence-corrected chi connectivity index (χ2v) is 4.96. The highest BCUT2D eigenvalue weighted by Crippen LogP contribution is 2.25. The lowest BCUT2D eigenvalue weighted by Gasteiger charge is -2.14. The van der Waals surface area contributed by atoms with Crippen LogP contribution in [0.1, 0.15) is 6.42 Å². The van der Waals surface area contributed by atoms with Crippen molar-refractivity contribution < 1.29 is 14.7 Å². The molecule has 0 bridgehead atoms. The lowest BCUT2D eigenvalue weighted by Crippen LogP contribution is -2.42. The van der Waals surface area contributed by atoms with Gasteiger partial charge in [-0.15, -0.1) is 6.58 Å². The Labute approximate surface area is 123 Å². The van der Waals surface area contributed by atoms with E-state index in [4.69, 9.17) is 16.7 Å². The monoisotopic (exact) mass is 346 g/mol. The van der Waals surface area contributed by atoms with E-state index in [1.54, 1.807) is 18.2 Å². The van der Waals surface area contributed by atoms with Gasteiger partial charge in [-0.25, -0.2) is 9.59 Å². The van der Waals surface area contributed by atoms with Gasteiger partial charge in [-0.1, -0.05) is 33.6 Å². The number of amides is 2. The summed E-state index contributed by atoms with van der Waals surface area (Å²) in [6, 6.07) is 3.28. The average molecular weight is 348 g/mol. The molecule has 1 aromatic rings. The fourth-order valence-corrected chi connectivity index (χ4v) is 1.82. The molecular formula is C12H12BrClN2O3. The molecule has 19 heavy (non-hydrogen) atoms. The standard InChI is InChI=1S/C12H12BrClN2O3/c1-2-3-9(11(17)18)15-12(19)16-10-6-7(13)4-5-8(10)14/h2,4-6,9H,1,3H2,(H,17,18)(H2,15,16,19). The van der Waals surface area contributed by atoms with Crippen LogP contribution in [-0.4, -0.2) is 23.1 Å². The van der Waals surface area contributed by atoms with E-state index in [0.29, 0.717) is 10.7 Å². The summed E-state index contributed by atoms with van der Waals surface area (Å²) in [6.07, 6.45) is 1.56. The molecular weight excluding hydrogens is 336 g/mol. The Hall–Kier alpha value is -1.53. The Kier molecular flexibility index (Phi) is 5.85. The minimum Gasteiger partial charge on any atom is -0.480 e. The number of carbonyl (C=O) groups is 2. The number of hydrogen-bond acceptors (Lipinski definition) is 2. The van der Waals surface area contributed by atoms with Crippen LogP contribution in [0.2, 0.25) is 5.02 Å². The summed E-state index contributed by atoms with van der Waals surface area (Å²) in [7, 11) is 0. The number of hydrogen-bond donors (Lipinski definition) is 3. The molecule has 0 aliphatic rings. The van der Waals surface area contributed by atoms with Gasteiger partial charge in [0.1, 0.15) is 6.04 Å². The summed E-state index contributed by atoms with van der Waals surface area (Å²) in [6.45, 7) is 3.44. The second kappa shape index (κ2) is 7.16. The van der Waals surface area contributed by atoms with Gasteiger partial charge in [0.25, 0.3) is 0 Å². The molecule has 2 amide bonds. The number of urea groups is 1. The van der Waals surface area contributed by atoms with Crippen LogP contribution < -0.4 is 10.6 Å². The molecule has 1 rings (SSSR count). The van der Waals surface area contributed by atoms with E-state index in [1.165, 1.54) is 6.08 Å². The van der Waals surface area contributed by atoms with Gasteiger partial charge < -0.3 is 15.7 Å². The molecule has 0 saturated carbocycles. The minimum absolute atomic E-state index is 0.134. The molecule has 0 aliphatic carbocycles. The van der Waals surface area contributed by atoms with Crippen LogP contribution in [0.25, 0.3) is 0 Å². The van der Waals surface area contributed by atoms with Crippen LogP contribution in [0.15, 0.2) is 35.3 Å². The first kappa shape index (κ1) is 15.5. The van der Waals surface area contributed by atoms with Crippen molar-refractivity contribution in [2.45, 2.75) is 12.5 Å². The van der Waals surface area contributed by atoms with Crippen molar-refractivity contribution in [2.24, 2.45) is 0 Å². The molecule has 0 radical (unpaired) electrons. The Bertz CT molecular complexity index is 508. The molecule has 0 fully saturated rings. The molecule has 5 nitrogen and oxygen atoms in total. The van der Waals surface area contributed by atoms with Gasteiger partial charge in [0.2, 0.25) is 0 Å². The highest BCUT2D eigenvalue weighted by molar-refractivity contribution is 9.10. The van der Waals surface area contributed by atoms with Crippen LogP contribution in [0.4, 0.5) is 10.5 Å². The number of carbonyl (C=O) groups excluding carboxylic acids is 1. The maximum atomic E-state index is 11.7. The third kappa shape index (κ3) is 4.92. The van der Waals surface area contributed by atoms with Crippen molar-refractivity contribution in [2.75, 3.05) is 5.32 Å². The van der Waals surface area contributed by atoms with E-state index in [9.17, 15) is 9.59 Å². The molecule has 102 valence electrons. The predicted molar refractivity (Wildman–Crippen MR) is 77.5 cm³/mol.